The van der Waals surface area contributed by atoms with E-state index in [0.29, 0.717) is 18.7 Å². The summed E-state index contributed by atoms with van der Waals surface area (Å²) in [5, 5.41) is 1.71. The monoisotopic (exact) mass is 373 g/mol. The number of fused-ring (bicyclic) bond motifs is 3. The molecule has 141 valence electrons. The van der Waals surface area contributed by atoms with Crippen LogP contribution in [0, 0.1) is 6.07 Å². The van der Waals surface area contributed by atoms with Crippen LogP contribution in [-0.4, -0.2) is 24.7 Å². The number of hydrogen-bond donors (Lipinski definition) is 1. The maximum atomic E-state index is 12.0. The third kappa shape index (κ3) is 3.10. The number of nitrogens with zero attached hydrogens (tertiary/aromatic N) is 1. The maximum absolute atomic E-state index is 12.0. The van der Waals surface area contributed by atoms with E-state index in [1.807, 2.05) is 36.4 Å². The van der Waals surface area contributed by atoms with E-state index in [4.69, 9.17) is 15.2 Å². The largest absolute Gasteiger partial charge is 0.497 e. The first-order valence-corrected chi connectivity index (χ1v) is 8.99. The van der Waals surface area contributed by atoms with Crippen molar-refractivity contribution < 1.29 is 14.3 Å². The summed E-state index contributed by atoms with van der Waals surface area (Å²) in [4.78, 5) is 12.0. The van der Waals surface area contributed by atoms with Gasteiger partial charge in [-0.25, -0.2) is 0 Å². The molecule has 0 bridgehead atoms. The zero-order valence-corrected chi connectivity index (χ0v) is 15.9. The van der Waals surface area contributed by atoms with E-state index < -0.39 is 5.91 Å². The summed E-state index contributed by atoms with van der Waals surface area (Å²) >= 11 is 0. The van der Waals surface area contributed by atoms with Crippen LogP contribution in [0.1, 0.15) is 21.5 Å². The number of ether oxygens (including phenoxy) is 2. The normalized spacial score (nSPS) is 11.2. The van der Waals surface area contributed by atoms with E-state index >= 15 is 0 Å². The first-order chi connectivity index (χ1) is 13.6. The van der Waals surface area contributed by atoms with Gasteiger partial charge in [-0.1, -0.05) is 18.2 Å². The number of carbonyl (C=O) groups excluding carboxylic acids is 1. The molecular formula is C23H21N2O3. The van der Waals surface area contributed by atoms with Gasteiger partial charge in [-0.05, 0) is 53.6 Å². The van der Waals surface area contributed by atoms with Crippen LogP contribution < -0.4 is 10.5 Å². The van der Waals surface area contributed by atoms with Gasteiger partial charge in [0, 0.05) is 30.0 Å². The molecule has 1 heterocycles. The molecule has 0 spiro atoms. The van der Waals surface area contributed by atoms with Crippen LogP contribution in [-0.2, 0) is 17.9 Å². The molecule has 0 aliphatic carbocycles. The molecule has 28 heavy (non-hydrogen) atoms. The SMILES string of the molecule is COCc1c[c]c2c3c(C(N)=O)cccc3n(Cc3cccc(OC)c3)c2c1. The lowest BCUT2D eigenvalue weighted by atomic mass is 10.0. The van der Waals surface area contributed by atoms with Crippen molar-refractivity contribution >= 4 is 27.7 Å². The lowest BCUT2D eigenvalue weighted by molar-refractivity contribution is 0.100. The molecule has 0 fully saturated rings. The van der Waals surface area contributed by atoms with Crippen molar-refractivity contribution in [2.45, 2.75) is 13.2 Å². The number of hydrogen-bond acceptors (Lipinski definition) is 3. The Hall–Kier alpha value is -3.31. The molecule has 0 saturated carbocycles. The molecule has 5 nitrogen and oxygen atoms in total. The third-order valence-electron chi connectivity index (χ3n) is 4.91. The Morgan fingerprint density at radius 1 is 1.07 bits per heavy atom. The Morgan fingerprint density at radius 3 is 2.64 bits per heavy atom. The molecule has 0 atom stereocenters. The third-order valence-corrected chi connectivity index (χ3v) is 4.91. The van der Waals surface area contributed by atoms with Crippen LogP contribution >= 0.6 is 0 Å². The molecule has 0 aliphatic rings. The predicted octanol–water partition coefficient (Wildman–Crippen LogP) is 3.90. The average Bonchev–Trinajstić information content (AvgIpc) is 3.01. The lowest BCUT2D eigenvalue weighted by Crippen LogP contribution is -2.11. The van der Waals surface area contributed by atoms with E-state index in [2.05, 4.69) is 22.8 Å². The van der Waals surface area contributed by atoms with Gasteiger partial charge in [0.05, 0.1) is 24.8 Å². The topological polar surface area (TPSA) is 66.5 Å². The van der Waals surface area contributed by atoms with Crippen LogP contribution in [0.5, 0.6) is 5.75 Å². The zero-order chi connectivity index (χ0) is 19.7. The number of nitrogens with two attached hydrogens (primary N) is 1. The van der Waals surface area contributed by atoms with Gasteiger partial charge in [-0.2, -0.15) is 0 Å². The minimum atomic E-state index is -0.444. The zero-order valence-electron chi connectivity index (χ0n) is 15.9. The molecule has 1 amide bonds. The van der Waals surface area contributed by atoms with Crippen LogP contribution in [0.4, 0.5) is 0 Å². The number of methoxy groups -OCH3 is 2. The van der Waals surface area contributed by atoms with Crippen molar-refractivity contribution in [3.8, 4) is 5.75 Å². The molecule has 5 heteroatoms. The summed E-state index contributed by atoms with van der Waals surface area (Å²) in [6, 6.07) is 20.9. The van der Waals surface area contributed by atoms with E-state index in [-0.39, 0.29) is 0 Å². The molecule has 0 unspecified atom stereocenters. The summed E-state index contributed by atoms with van der Waals surface area (Å²) in [6.07, 6.45) is 0. The molecule has 2 N–H and O–H groups in total. The van der Waals surface area contributed by atoms with Crippen molar-refractivity contribution in [3.05, 3.63) is 77.4 Å². The van der Waals surface area contributed by atoms with E-state index in [9.17, 15) is 4.79 Å². The quantitative estimate of drug-likeness (QED) is 0.557. The highest BCUT2D eigenvalue weighted by Crippen LogP contribution is 2.33. The number of amides is 1. The summed E-state index contributed by atoms with van der Waals surface area (Å²) in [6.45, 7) is 1.12. The fraction of sp³-hybridized carbons (Fsp3) is 0.174. The van der Waals surface area contributed by atoms with Crippen molar-refractivity contribution in [2.24, 2.45) is 5.73 Å². The van der Waals surface area contributed by atoms with E-state index in [1.165, 1.54) is 0 Å². The Balaban J connectivity index is 1.99. The number of primary amides is 1. The van der Waals surface area contributed by atoms with Crippen molar-refractivity contribution in [1.82, 2.24) is 4.57 Å². The summed E-state index contributed by atoms with van der Waals surface area (Å²) in [7, 11) is 3.33. The predicted molar refractivity (Wildman–Crippen MR) is 110 cm³/mol. The second-order valence-corrected chi connectivity index (χ2v) is 6.70. The number of benzene rings is 3. The number of carbonyl (C=O) groups is 1. The second kappa shape index (κ2) is 7.37. The Labute approximate surface area is 163 Å². The standard InChI is InChI=1S/C23H21N2O3/c1-27-14-16-9-10-18-21(12-16)25(13-15-5-3-6-17(11-15)28-2)20-8-4-7-19(22(18)20)23(24)26/h3-9,11-12H,13-14H2,1-2H3,(H2,24,26). The molecule has 1 aromatic heterocycles. The van der Waals surface area contributed by atoms with E-state index in [0.717, 1.165) is 38.7 Å². The van der Waals surface area contributed by atoms with Gasteiger partial charge in [0.15, 0.2) is 0 Å². The molecule has 4 rings (SSSR count). The minimum Gasteiger partial charge on any atom is -0.497 e. The summed E-state index contributed by atoms with van der Waals surface area (Å²) < 4.78 is 12.8. The fourth-order valence-corrected chi connectivity index (χ4v) is 3.68. The number of rotatable bonds is 6. The lowest BCUT2D eigenvalue weighted by Gasteiger charge is -2.10. The average molecular weight is 373 g/mol. The first-order valence-electron chi connectivity index (χ1n) is 8.99. The number of aromatic nitrogens is 1. The molecule has 3 aromatic carbocycles. The smallest absolute Gasteiger partial charge is 0.249 e. The van der Waals surface area contributed by atoms with Gasteiger partial charge in [0.25, 0.3) is 0 Å². The van der Waals surface area contributed by atoms with Crippen LogP contribution in [0.15, 0.2) is 54.6 Å². The highest BCUT2D eigenvalue weighted by Gasteiger charge is 2.17. The minimum absolute atomic E-state index is 0.444. The van der Waals surface area contributed by atoms with Crippen molar-refractivity contribution in [1.29, 1.82) is 0 Å². The van der Waals surface area contributed by atoms with Crippen molar-refractivity contribution in [3.63, 3.8) is 0 Å². The molecule has 0 aliphatic heterocycles. The van der Waals surface area contributed by atoms with Gasteiger partial charge in [-0.15, -0.1) is 0 Å². The Morgan fingerprint density at radius 2 is 1.89 bits per heavy atom. The van der Waals surface area contributed by atoms with Gasteiger partial charge in [0.1, 0.15) is 5.75 Å². The molecule has 4 aromatic rings. The van der Waals surface area contributed by atoms with Crippen LogP contribution in [0.25, 0.3) is 21.8 Å². The Bertz CT molecular complexity index is 1180. The highest BCUT2D eigenvalue weighted by atomic mass is 16.5. The fourth-order valence-electron chi connectivity index (χ4n) is 3.68. The van der Waals surface area contributed by atoms with E-state index in [1.54, 1.807) is 20.3 Å². The van der Waals surface area contributed by atoms with Gasteiger partial charge < -0.3 is 19.8 Å². The first kappa shape index (κ1) is 18.1. The van der Waals surface area contributed by atoms with Gasteiger partial charge in [-0.3, -0.25) is 4.79 Å². The van der Waals surface area contributed by atoms with Crippen LogP contribution in [0.2, 0.25) is 0 Å². The molecule has 0 saturated heterocycles. The summed E-state index contributed by atoms with van der Waals surface area (Å²) in [5.41, 5.74) is 10.2. The van der Waals surface area contributed by atoms with Crippen molar-refractivity contribution in [2.75, 3.05) is 14.2 Å². The highest BCUT2D eigenvalue weighted by molar-refractivity contribution is 6.17. The van der Waals surface area contributed by atoms with Gasteiger partial charge in [0.2, 0.25) is 5.91 Å². The molecule has 1 radical (unpaired) electrons. The van der Waals surface area contributed by atoms with Crippen LogP contribution in [0.3, 0.4) is 0 Å². The summed E-state index contributed by atoms with van der Waals surface area (Å²) in [5.74, 6) is 0.364. The maximum Gasteiger partial charge on any atom is 0.249 e. The molecular weight excluding hydrogens is 352 g/mol. The second-order valence-electron chi connectivity index (χ2n) is 6.70. The van der Waals surface area contributed by atoms with Gasteiger partial charge >= 0.3 is 0 Å². The Kier molecular flexibility index (Phi) is 4.75.